The lowest BCUT2D eigenvalue weighted by Crippen LogP contribution is -2.20. The average Bonchev–Trinajstić information content (AvgIpc) is 2.87. The molecule has 194 valence electrons. The number of pyridine rings is 1. The van der Waals surface area contributed by atoms with E-state index in [0.717, 1.165) is 12.1 Å². The monoisotopic (exact) mass is 531 g/mol. The number of methoxy groups -OCH3 is 2. The van der Waals surface area contributed by atoms with Gasteiger partial charge in [-0.05, 0) is 24.6 Å². The standard InChI is InChI=1S/C23H21N3O10S/c1-32-18-13-15(35-22-16(25(28)29)7-5-8-17(22)26(30)31)14-19(33-2)23(18)34-12-6-10-21(27)36-24-11-4-3-9-20(24)37/h3-5,7-9,11,13-14H,6,10,12H2,1-2H3. The van der Waals surface area contributed by atoms with Gasteiger partial charge in [0.2, 0.25) is 5.75 Å². The Kier molecular flexibility index (Phi) is 8.94. The average molecular weight is 531 g/mol. The van der Waals surface area contributed by atoms with Gasteiger partial charge >= 0.3 is 17.3 Å². The van der Waals surface area contributed by atoms with Crippen molar-refractivity contribution in [1.82, 2.24) is 4.73 Å². The molecule has 13 nitrogen and oxygen atoms in total. The topological polar surface area (TPSA) is 154 Å². The molecule has 0 saturated heterocycles. The summed E-state index contributed by atoms with van der Waals surface area (Å²) in [6, 6.07) is 11.0. The highest BCUT2D eigenvalue weighted by Gasteiger charge is 2.28. The van der Waals surface area contributed by atoms with Gasteiger partial charge in [-0.25, -0.2) is 4.79 Å². The van der Waals surface area contributed by atoms with Gasteiger partial charge in [-0.2, -0.15) is 4.73 Å². The molecule has 37 heavy (non-hydrogen) atoms. The first-order valence-corrected chi connectivity index (χ1v) is 11.0. The van der Waals surface area contributed by atoms with E-state index in [1.54, 1.807) is 18.2 Å². The zero-order chi connectivity index (χ0) is 26.9. The van der Waals surface area contributed by atoms with Gasteiger partial charge in [0.25, 0.3) is 5.75 Å². The molecule has 0 bridgehead atoms. The molecule has 0 N–H and O–H groups in total. The number of nitrogens with zero attached hydrogens (tertiary/aromatic N) is 3. The molecule has 0 fully saturated rings. The number of benzene rings is 2. The summed E-state index contributed by atoms with van der Waals surface area (Å²) >= 11 is 5.07. The van der Waals surface area contributed by atoms with Crippen LogP contribution in [-0.4, -0.2) is 41.4 Å². The van der Waals surface area contributed by atoms with E-state index in [-0.39, 0.29) is 42.4 Å². The van der Waals surface area contributed by atoms with Gasteiger partial charge in [0.05, 0.1) is 37.1 Å². The smallest absolute Gasteiger partial charge is 0.333 e. The first kappa shape index (κ1) is 26.9. The normalized spacial score (nSPS) is 10.3. The van der Waals surface area contributed by atoms with E-state index in [1.807, 2.05) is 0 Å². The number of carbonyl (C=O) groups excluding carboxylic acids is 1. The van der Waals surface area contributed by atoms with E-state index in [1.165, 1.54) is 43.3 Å². The second-order valence-electron chi connectivity index (χ2n) is 7.18. The molecule has 3 rings (SSSR count). The molecule has 1 heterocycles. The van der Waals surface area contributed by atoms with Crippen LogP contribution in [-0.2, 0) is 4.79 Å². The molecule has 14 heteroatoms. The van der Waals surface area contributed by atoms with Crippen molar-refractivity contribution < 1.29 is 38.4 Å². The van der Waals surface area contributed by atoms with Crippen molar-refractivity contribution in [1.29, 1.82) is 0 Å². The number of aromatic nitrogens is 1. The van der Waals surface area contributed by atoms with Crippen molar-refractivity contribution in [2.75, 3.05) is 20.8 Å². The quantitative estimate of drug-likeness (QED) is 0.139. The second-order valence-corrected chi connectivity index (χ2v) is 7.60. The molecule has 1 aromatic heterocycles. The fourth-order valence-electron chi connectivity index (χ4n) is 3.11. The zero-order valence-electron chi connectivity index (χ0n) is 19.6. The highest BCUT2D eigenvalue weighted by atomic mass is 32.1. The van der Waals surface area contributed by atoms with Crippen LogP contribution in [0.4, 0.5) is 11.4 Å². The molecule has 0 atom stereocenters. The van der Waals surface area contributed by atoms with Crippen molar-refractivity contribution in [3.05, 3.63) is 79.6 Å². The zero-order valence-corrected chi connectivity index (χ0v) is 20.5. The third-order valence-electron chi connectivity index (χ3n) is 4.78. The second kappa shape index (κ2) is 12.3. The maximum absolute atomic E-state index is 12.1. The number of para-hydroxylation sites is 1. The predicted molar refractivity (Wildman–Crippen MR) is 131 cm³/mol. The molecular formula is C23H21N3O10S. The lowest BCUT2D eigenvalue weighted by atomic mass is 10.2. The fourth-order valence-corrected chi connectivity index (χ4v) is 3.29. The number of nitro groups is 2. The van der Waals surface area contributed by atoms with Gasteiger partial charge in [0.1, 0.15) is 10.4 Å². The Balaban J connectivity index is 1.74. The van der Waals surface area contributed by atoms with Crippen molar-refractivity contribution in [2.24, 2.45) is 0 Å². The number of nitro benzene ring substituents is 2. The summed E-state index contributed by atoms with van der Waals surface area (Å²) in [5.74, 6) is -0.649. The summed E-state index contributed by atoms with van der Waals surface area (Å²) in [4.78, 5) is 38.5. The molecule has 0 aliphatic heterocycles. The van der Waals surface area contributed by atoms with Crippen LogP contribution in [0.15, 0.2) is 54.7 Å². The Bertz CT molecular complexity index is 1320. The molecular weight excluding hydrogens is 510 g/mol. The highest BCUT2D eigenvalue weighted by molar-refractivity contribution is 7.71. The Morgan fingerprint density at radius 3 is 2.11 bits per heavy atom. The lowest BCUT2D eigenvalue weighted by Gasteiger charge is -2.16. The third-order valence-corrected chi connectivity index (χ3v) is 5.10. The van der Waals surface area contributed by atoms with E-state index in [2.05, 4.69) is 0 Å². The first-order chi connectivity index (χ1) is 17.7. The first-order valence-electron chi connectivity index (χ1n) is 10.6. The van der Waals surface area contributed by atoms with E-state index >= 15 is 0 Å². The Hall–Kier alpha value is -4.72. The fraction of sp³-hybridized carbons (Fsp3) is 0.217. The SMILES string of the molecule is COc1cc(Oc2c([N+](=O)[O-])cccc2[N+](=O)[O-])cc(OC)c1OCCCC(=O)On1ccccc1=S. The Labute approximate surface area is 215 Å². The predicted octanol–water partition coefficient (Wildman–Crippen LogP) is 4.66. The van der Waals surface area contributed by atoms with Crippen LogP contribution in [0.5, 0.6) is 28.7 Å². The van der Waals surface area contributed by atoms with Gasteiger partial charge < -0.3 is 23.8 Å². The van der Waals surface area contributed by atoms with E-state index in [9.17, 15) is 25.0 Å². The molecule has 0 saturated carbocycles. The maximum Gasteiger partial charge on any atom is 0.333 e. The van der Waals surface area contributed by atoms with Gasteiger partial charge in [-0.1, -0.05) is 18.3 Å². The molecule has 3 aromatic rings. The van der Waals surface area contributed by atoms with E-state index in [4.69, 9.17) is 36.0 Å². The van der Waals surface area contributed by atoms with Crippen LogP contribution in [0.2, 0.25) is 0 Å². The van der Waals surface area contributed by atoms with Crippen molar-refractivity contribution in [3.8, 4) is 28.7 Å². The number of rotatable bonds is 12. The van der Waals surface area contributed by atoms with E-state index in [0.29, 0.717) is 4.64 Å². The summed E-state index contributed by atoms with van der Waals surface area (Å²) in [7, 11) is 2.69. The van der Waals surface area contributed by atoms with Crippen molar-refractivity contribution >= 4 is 29.6 Å². The van der Waals surface area contributed by atoms with E-state index < -0.39 is 32.9 Å². The van der Waals surface area contributed by atoms with Crippen LogP contribution < -0.4 is 23.8 Å². The van der Waals surface area contributed by atoms with Crippen molar-refractivity contribution in [2.45, 2.75) is 12.8 Å². The number of carbonyl (C=O) groups is 1. The van der Waals surface area contributed by atoms with Gasteiger partial charge in [-0.3, -0.25) is 20.2 Å². The summed E-state index contributed by atoms with van der Waals surface area (Å²) in [5.41, 5.74) is -1.17. The van der Waals surface area contributed by atoms with Crippen LogP contribution in [0.25, 0.3) is 0 Å². The molecule has 0 aliphatic carbocycles. The summed E-state index contributed by atoms with van der Waals surface area (Å²) in [6.45, 7) is 0.0812. The number of hydrogen-bond acceptors (Lipinski definition) is 11. The lowest BCUT2D eigenvalue weighted by molar-refractivity contribution is -0.395. The van der Waals surface area contributed by atoms with Gasteiger partial charge in [-0.15, -0.1) is 0 Å². The summed E-state index contributed by atoms with van der Waals surface area (Å²) in [5, 5.41) is 22.8. The number of hydrogen-bond donors (Lipinski definition) is 0. The largest absolute Gasteiger partial charge is 0.493 e. The molecule has 0 spiro atoms. The Morgan fingerprint density at radius 1 is 0.946 bits per heavy atom. The minimum atomic E-state index is -0.787. The Morgan fingerprint density at radius 2 is 1.57 bits per heavy atom. The maximum atomic E-state index is 12.1. The minimum absolute atomic E-state index is 0.0263. The highest BCUT2D eigenvalue weighted by Crippen LogP contribution is 2.45. The molecule has 0 radical (unpaired) electrons. The summed E-state index contributed by atoms with van der Waals surface area (Å²) < 4.78 is 23.5. The van der Waals surface area contributed by atoms with Crippen LogP contribution in [0, 0.1) is 24.9 Å². The summed E-state index contributed by atoms with van der Waals surface area (Å²) in [6.07, 6.45) is 1.84. The van der Waals surface area contributed by atoms with Crippen LogP contribution >= 0.6 is 12.2 Å². The minimum Gasteiger partial charge on any atom is -0.493 e. The molecule has 2 aromatic carbocycles. The third kappa shape index (κ3) is 6.70. The van der Waals surface area contributed by atoms with Gasteiger partial charge in [0.15, 0.2) is 11.5 Å². The van der Waals surface area contributed by atoms with Crippen LogP contribution in [0.3, 0.4) is 0 Å². The van der Waals surface area contributed by atoms with Crippen molar-refractivity contribution in [3.63, 3.8) is 0 Å². The van der Waals surface area contributed by atoms with Crippen LogP contribution in [0.1, 0.15) is 12.8 Å². The molecule has 0 unspecified atom stereocenters. The number of ether oxygens (including phenoxy) is 4. The molecule has 0 amide bonds. The molecule has 0 aliphatic rings. The van der Waals surface area contributed by atoms with Gasteiger partial charge in [0, 0.05) is 30.5 Å².